The Hall–Kier alpha value is 0.971. The van der Waals surface area contributed by atoms with Crippen LogP contribution in [0, 0.1) is 42.6 Å². The van der Waals surface area contributed by atoms with Crippen LogP contribution in [0.3, 0.4) is 0 Å². The van der Waals surface area contributed by atoms with Crippen molar-refractivity contribution in [3.63, 3.8) is 0 Å². The molecule has 4 aromatic heterocycles. The minimum Gasteiger partial charge on any atom is -1.00 e. The summed E-state index contributed by atoms with van der Waals surface area (Å²) in [6.45, 7) is 28.6. The largest absolute Gasteiger partial charge is 2.00 e. The zero-order valence-electron chi connectivity index (χ0n) is 50.3. The van der Waals surface area contributed by atoms with Crippen molar-refractivity contribution < 1.29 is 104 Å². The third kappa shape index (κ3) is 26.9. The number of pyridine rings is 4. The quantitative estimate of drug-likeness (QED) is 0.0764. The molecule has 4 fully saturated rings. The van der Waals surface area contributed by atoms with Crippen LogP contribution in [-0.4, -0.2) is 63.2 Å². The van der Waals surface area contributed by atoms with Crippen molar-refractivity contribution in [1.82, 2.24) is 19.9 Å². The van der Waals surface area contributed by atoms with Crippen molar-refractivity contribution in [2.45, 2.75) is 229 Å². The van der Waals surface area contributed by atoms with E-state index in [9.17, 15) is 0 Å². The first kappa shape index (κ1) is 80.4. The maximum Gasteiger partial charge on any atom is 2.00 e. The standard InChI is InChI=1S/4C14H22NP.C2H2.4CH3.Cs.2Fe.H/c4*1-14(2,3)16(12-8-4-5-9-12)13-10-6-7-11-15-13;1-2;;;;;;;;/h4*6-7,10-12H,4-5,8-9H2,1-3H3;1-2H;4*1H3;;;;/q;;;;;4*-1;+1;2*+2;-1/t4*16-;;;;;;;;;/m1110........./s1. The number of hydrogen-bond donors (Lipinski definition) is 0. The average molecular weight is 1270 g/mol. The molecule has 0 saturated heterocycles. The normalized spacial score (nSPS) is 17.5. The minimum atomic E-state index is -0.109. The van der Waals surface area contributed by atoms with Crippen molar-refractivity contribution >= 4 is 53.4 Å². The Morgan fingerprint density at radius 2 is 0.493 bits per heavy atom. The van der Waals surface area contributed by atoms with Crippen LogP contribution < -0.4 is 90.6 Å². The Kier molecular flexibility index (Phi) is 44.3. The van der Waals surface area contributed by atoms with Crippen molar-refractivity contribution in [1.29, 1.82) is 0 Å². The summed E-state index contributed by atoms with van der Waals surface area (Å²) in [5, 5.41) is 1.55. The van der Waals surface area contributed by atoms with Crippen LogP contribution in [0.4, 0.5) is 0 Å². The Bertz CT molecular complexity index is 1640. The van der Waals surface area contributed by atoms with E-state index in [0.717, 1.165) is 22.6 Å². The molecule has 8 rings (SSSR count). The molecule has 4 aliphatic rings. The first-order chi connectivity index (χ1) is 31.4. The summed E-state index contributed by atoms with van der Waals surface area (Å²) in [5.41, 5.74) is 9.06. The van der Waals surface area contributed by atoms with Crippen LogP contribution in [0.2, 0.25) is 0 Å². The molecule has 73 heavy (non-hydrogen) atoms. The van der Waals surface area contributed by atoms with E-state index >= 15 is 0 Å². The van der Waals surface area contributed by atoms with Gasteiger partial charge in [0, 0.05) is 24.8 Å². The molecule has 0 N–H and O–H groups in total. The fraction of sp³-hybridized carbons (Fsp3) is 0.581. The second-order valence-corrected chi connectivity index (χ2v) is 35.7. The molecule has 0 amide bonds. The van der Waals surface area contributed by atoms with Gasteiger partial charge in [0.25, 0.3) is 0 Å². The molecular weight excluding hydrogens is 1170 g/mol. The Morgan fingerprint density at radius 3 is 0.603 bits per heavy atom. The van der Waals surface area contributed by atoms with E-state index in [1.807, 2.05) is 49.1 Å². The van der Waals surface area contributed by atoms with Crippen LogP contribution in [0.25, 0.3) is 0 Å². The summed E-state index contributed by atoms with van der Waals surface area (Å²) in [7, 11) is -0.436. The van der Waals surface area contributed by atoms with Gasteiger partial charge in [0.1, 0.15) is 0 Å². The summed E-state index contributed by atoms with van der Waals surface area (Å²) in [6.07, 6.45) is 38.5. The van der Waals surface area contributed by atoms with Gasteiger partial charge >= 0.3 is 103 Å². The molecule has 0 bridgehead atoms. The molecule has 0 aliphatic heterocycles. The Labute approximate surface area is 540 Å². The van der Waals surface area contributed by atoms with Gasteiger partial charge < -0.3 is 31.1 Å². The zero-order valence-corrected chi connectivity index (χ0v) is 61.4. The maximum atomic E-state index is 4.62. The third-order valence-electron chi connectivity index (χ3n) is 13.2. The van der Waals surface area contributed by atoms with Gasteiger partial charge in [0.2, 0.25) is 0 Å². The van der Waals surface area contributed by atoms with Gasteiger partial charge in [0.05, 0.1) is 21.7 Å². The van der Waals surface area contributed by atoms with E-state index in [1.165, 1.54) is 124 Å². The number of rotatable bonds is 8. The summed E-state index contributed by atoms with van der Waals surface area (Å²) in [4.78, 5) is 18.5. The van der Waals surface area contributed by atoms with E-state index < -0.39 is 0 Å². The van der Waals surface area contributed by atoms with E-state index in [2.05, 4.69) is 164 Å². The van der Waals surface area contributed by atoms with Gasteiger partial charge in [-0.05, 0) is 175 Å². The van der Waals surface area contributed by atoms with Gasteiger partial charge in [0.15, 0.2) is 0 Å². The summed E-state index contributed by atoms with van der Waals surface area (Å²) in [6, 6.07) is 25.6. The second kappa shape index (κ2) is 40.2. The molecule has 4 aromatic rings. The second-order valence-electron chi connectivity index (χ2n) is 22.7. The van der Waals surface area contributed by atoms with E-state index in [4.69, 9.17) is 0 Å². The van der Waals surface area contributed by atoms with E-state index in [0.29, 0.717) is 20.6 Å². The zero-order chi connectivity index (χ0) is 48.4. The van der Waals surface area contributed by atoms with Crippen LogP contribution in [-0.2, 0) is 34.1 Å². The minimum absolute atomic E-state index is 0. The molecule has 0 unspecified atom stereocenters. The molecule has 4 nitrogen and oxygen atoms in total. The first-order valence-corrected chi connectivity index (χ1v) is 31.1. The predicted octanol–water partition coefficient (Wildman–Crippen LogP) is 14.9. The number of terminal acetylenes is 1. The SMILES string of the molecule is C#C.CC(C)(C)[P@@](c1ccccn1)C1CCCC1.CC(C)(C)[P@@](c1ccccn1)C1CCCC1.CC(C)(C)[P@@](c1ccccn1)C1CCCC1.CC(C)(C)[P@](c1ccccn1)C1CCCC1.[CH3-].[CH3-].[CH3-].[CH3-].[Cs+].[Fe+2].[Fe+2].[H-]. The maximum absolute atomic E-state index is 4.62. The van der Waals surface area contributed by atoms with Crippen LogP contribution in [0.5, 0.6) is 0 Å². The van der Waals surface area contributed by atoms with Crippen molar-refractivity contribution in [2.75, 3.05) is 0 Å². The molecule has 11 heteroatoms. The fourth-order valence-electron chi connectivity index (χ4n) is 10.9. The predicted molar refractivity (Wildman–Crippen MR) is 328 cm³/mol. The number of nitrogens with zero attached hydrogens (tertiary/aromatic N) is 4. The van der Waals surface area contributed by atoms with Gasteiger partial charge in [-0.2, -0.15) is 0 Å². The smallest absolute Gasteiger partial charge is 1.00 e. The Balaban J connectivity index is -0.000000273. The van der Waals surface area contributed by atoms with Crippen molar-refractivity contribution in [3.8, 4) is 12.8 Å². The molecule has 0 aromatic carbocycles. The summed E-state index contributed by atoms with van der Waals surface area (Å²) < 4.78 is 0. The van der Waals surface area contributed by atoms with Crippen molar-refractivity contribution in [3.05, 3.63) is 127 Å². The first-order valence-electron chi connectivity index (χ1n) is 25.5. The fourth-order valence-corrected chi connectivity index (χ4v) is 24.9. The molecule has 4 atom stereocenters. The molecule has 408 valence electrons. The van der Waals surface area contributed by atoms with E-state index in [-0.39, 0.29) is 166 Å². The van der Waals surface area contributed by atoms with Crippen LogP contribution in [0.1, 0.15) is 187 Å². The average Bonchev–Trinajstić information content (AvgIpc) is 4.14. The van der Waals surface area contributed by atoms with Crippen LogP contribution in [0.15, 0.2) is 97.6 Å². The number of hydrogen-bond acceptors (Lipinski definition) is 4. The molecular formula is C62H103CsFe2N4P4. The van der Waals surface area contributed by atoms with Gasteiger partial charge in [-0.15, -0.1) is 12.8 Å². The summed E-state index contributed by atoms with van der Waals surface area (Å²) in [5.74, 6) is 0. The van der Waals surface area contributed by atoms with Crippen molar-refractivity contribution in [2.24, 2.45) is 0 Å². The Morgan fingerprint density at radius 1 is 0.342 bits per heavy atom. The molecule has 4 saturated carbocycles. The summed E-state index contributed by atoms with van der Waals surface area (Å²) >= 11 is 0. The van der Waals surface area contributed by atoms with Crippen LogP contribution >= 0.6 is 31.7 Å². The molecule has 4 heterocycles. The van der Waals surface area contributed by atoms with Gasteiger partial charge in [-0.3, -0.25) is 19.9 Å². The monoisotopic (exact) mass is 1270 g/mol. The topological polar surface area (TPSA) is 51.6 Å². The molecule has 0 spiro atoms. The van der Waals surface area contributed by atoms with E-state index in [1.54, 1.807) is 0 Å². The van der Waals surface area contributed by atoms with Gasteiger partial charge in [-0.25, -0.2) is 0 Å². The number of aromatic nitrogens is 4. The third-order valence-corrected chi connectivity index (χ3v) is 27.0. The molecule has 4 aliphatic carbocycles. The van der Waals surface area contributed by atoms with Gasteiger partial charge in [-0.1, -0.05) is 159 Å². The molecule has 0 radical (unpaired) electrons.